The van der Waals surface area contributed by atoms with Crippen molar-refractivity contribution in [2.75, 3.05) is 18.5 Å². The highest BCUT2D eigenvalue weighted by molar-refractivity contribution is 5.39. The van der Waals surface area contributed by atoms with Gasteiger partial charge in [0.15, 0.2) is 0 Å². The van der Waals surface area contributed by atoms with Gasteiger partial charge in [0.2, 0.25) is 5.88 Å². The second kappa shape index (κ2) is 6.39. The molecule has 1 aromatic rings. The van der Waals surface area contributed by atoms with Crippen LogP contribution in [0.15, 0.2) is 12.4 Å². The average Bonchev–Trinajstić information content (AvgIpc) is 2.36. The van der Waals surface area contributed by atoms with E-state index in [2.05, 4.69) is 15.3 Å². The van der Waals surface area contributed by atoms with Crippen LogP contribution in [0.1, 0.15) is 33.6 Å². The summed E-state index contributed by atoms with van der Waals surface area (Å²) in [6, 6.07) is 1.75. The van der Waals surface area contributed by atoms with Gasteiger partial charge in [-0.25, -0.2) is 9.97 Å². The molecule has 1 heterocycles. The molecule has 0 radical (unpaired) electrons. The first-order chi connectivity index (χ1) is 8.13. The number of aliphatic hydroxyl groups is 1. The molecule has 96 valence electrons. The summed E-state index contributed by atoms with van der Waals surface area (Å²) in [6.45, 7) is 6.70. The predicted molar refractivity (Wildman–Crippen MR) is 67.2 cm³/mol. The predicted octanol–water partition coefficient (Wildman–Crippen LogP) is 1.84. The van der Waals surface area contributed by atoms with Crippen LogP contribution in [0.5, 0.6) is 5.88 Å². The van der Waals surface area contributed by atoms with Crippen LogP contribution >= 0.6 is 0 Å². The third-order valence-electron chi connectivity index (χ3n) is 2.66. The van der Waals surface area contributed by atoms with Crippen LogP contribution in [0.25, 0.3) is 0 Å². The molecule has 5 nitrogen and oxygen atoms in total. The van der Waals surface area contributed by atoms with E-state index < -0.39 is 0 Å². The second-order valence-corrected chi connectivity index (χ2v) is 4.29. The Morgan fingerprint density at radius 3 is 2.76 bits per heavy atom. The van der Waals surface area contributed by atoms with Crippen LogP contribution < -0.4 is 10.1 Å². The van der Waals surface area contributed by atoms with Crippen LogP contribution in [-0.4, -0.2) is 33.8 Å². The first-order valence-corrected chi connectivity index (χ1v) is 5.97. The van der Waals surface area contributed by atoms with Crippen molar-refractivity contribution in [2.24, 2.45) is 0 Å². The van der Waals surface area contributed by atoms with Gasteiger partial charge in [0.1, 0.15) is 12.1 Å². The monoisotopic (exact) mass is 239 g/mol. The van der Waals surface area contributed by atoms with Gasteiger partial charge in [-0.3, -0.25) is 0 Å². The van der Waals surface area contributed by atoms with Gasteiger partial charge in [-0.15, -0.1) is 0 Å². The molecule has 0 fully saturated rings. The number of anilines is 1. The Balaban J connectivity index is 2.71. The number of hydrogen-bond donors (Lipinski definition) is 2. The van der Waals surface area contributed by atoms with E-state index in [1.165, 1.54) is 6.33 Å². The highest BCUT2D eigenvalue weighted by Gasteiger charge is 2.21. The summed E-state index contributed by atoms with van der Waals surface area (Å²) in [5.74, 6) is 1.23. The van der Waals surface area contributed by atoms with Gasteiger partial charge in [-0.2, -0.15) is 0 Å². The number of aromatic nitrogens is 2. The number of hydrogen-bond acceptors (Lipinski definition) is 5. The number of ether oxygens (including phenoxy) is 1. The fourth-order valence-electron chi connectivity index (χ4n) is 1.24. The minimum atomic E-state index is -0.365. The fourth-order valence-corrected chi connectivity index (χ4v) is 1.24. The minimum absolute atomic E-state index is 0.0542. The Morgan fingerprint density at radius 1 is 1.41 bits per heavy atom. The maximum atomic E-state index is 9.32. The number of rotatable bonds is 7. The fraction of sp³-hybridized carbons (Fsp3) is 0.667. The smallest absolute Gasteiger partial charge is 0.218 e. The van der Waals surface area contributed by atoms with Gasteiger partial charge < -0.3 is 15.2 Å². The molecule has 0 aromatic carbocycles. The Morgan fingerprint density at radius 2 is 2.18 bits per heavy atom. The van der Waals surface area contributed by atoms with Crippen molar-refractivity contribution in [3.05, 3.63) is 12.4 Å². The van der Waals surface area contributed by atoms with E-state index in [1.54, 1.807) is 6.07 Å². The van der Waals surface area contributed by atoms with Crippen LogP contribution in [0, 0.1) is 0 Å². The molecular formula is C12H21N3O2. The van der Waals surface area contributed by atoms with Crippen molar-refractivity contribution >= 4 is 5.82 Å². The number of nitrogens with zero attached hydrogens (tertiary/aromatic N) is 2. The average molecular weight is 239 g/mol. The molecule has 0 amide bonds. The zero-order chi connectivity index (χ0) is 12.7. The maximum absolute atomic E-state index is 9.32. The number of nitrogens with one attached hydrogen (secondary N) is 1. The molecule has 0 saturated heterocycles. The molecule has 0 bridgehead atoms. The molecule has 1 atom stereocenters. The molecule has 1 rings (SSSR count). The summed E-state index contributed by atoms with van der Waals surface area (Å²) in [6.07, 6.45) is 3.20. The summed E-state index contributed by atoms with van der Waals surface area (Å²) in [4.78, 5) is 8.14. The lowest BCUT2D eigenvalue weighted by molar-refractivity contribution is 0.218. The third kappa shape index (κ3) is 4.19. The Bertz CT molecular complexity index is 340. The van der Waals surface area contributed by atoms with Crippen LogP contribution in [0.3, 0.4) is 0 Å². The summed E-state index contributed by atoms with van der Waals surface area (Å²) in [5, 5.41) is 12.5. The minimum Gasteiger partial charge on any atom is -0.478 e. The third-order valence-corrected chi connectivity index (χ3v) is 2.66. The zero-order valence-corrected chi connectivity index (χ0v) is 10.7. The lowest BCUT2D eigenvalue weighted by atomic mass is 10.0. The van der Waals surface area contributed by atoms with Crippen molar-refractivity contribution in [1.82, 2.24) is 9.97 Å². The summed E-state index contributed by atoms with van der Waals surface area (Å²) in [5.41, 5.74) is -0.365. The molecule has 0 spiro atoms. The molecular weight excluding hydrogens is 218 g/mol. The van der Waals surface area contributed by atoms with Gasteiger partial charge in [0.05, 0.1) is 18.8 Å². The van der Waals surface area contributed by atoms with E-state index in [0.717, 1.165) is 12.8 Å². The largest absolute Gasteiger partial charge is 0.478 e. The molecule has 0 aliphatic carbocycles. The molecule has 0 aliphatic heterocycles. The molecule has 17 heavy (non-hydrogen) atoms. The Labute approximate surface area is 102 Å². The molecule has 2 N–H and O–H groups in total. The van der Waals surface area contributed by atoms with E-state index in [4.69, 9.17) is 4.74 Å². The van der Waals surface area contributed by atoms with Crippen molar-refractivity contribution in [2.45, 2.75) is 39.2 Å². The standard InChI is InChI=1S/C12H21N3O2/c1-4-6-17-11-7-10(13-9-14-11)15-12(3,5-2)8-16/h7,9,16H,4-6,8H2,1-3H3,(H,13,14,15). The Kier molecular flexibility index (Phi) is 5.15. The lowest BCUT2D eigenvalue weighted by Crippen LogP contribution is -2.38. The summed E-state index contributed by atoms with van der Waals surface area (Å²) >= 11 is 0. The van der Waals surface area contributed by atoms with Gasteiger partial charge in [-0.05, 0) is 19.8 Å². The van der Waals surface area contributed by atoms with Crippen molar-refractivity contribution in [1.29, 1.82) is 0 Å². The molecule has 1 aromatic heterocycles. The topological polar surface area (TPSA) is 67.3 Å². The molecule has 5 heteroatoms. The first kappa shape index (κ1) is 13.7. The van der Waals surface area contributed by atoms with Crippen molar-refractivity contribution < 1.29 is 9.84 Å². The van der Waals surface area contributed by atoms with E-state index in [9.17, 15) is 5.11 Å². The highest BCUT2D eigenvalue weighted by Crippen LogP contribution is 2.18. The van der Waals surface area contributed by atoms with Crippen LogP contribution in [-0.2, 0) is 0 Å². The maximum Gasteiger partial charge on any atom is 0.218 e. The summed E-state index contributed by atoms with van der Waals surface area (Å²) < 4.78 is 5.42. The first-order valence-electron chi connectivity index (χ1n) is 5.97. The van der Waals surface area contributed by atoms with E-state index >= 15 is 0 Å². The molecule has 0 saturated carbocycles. The van der Waals surface area contributed by atoms with E-state index in [1.807, 2.05) is 20.8 Å². The van der Waals surface area contributed by atoms with Crippen LogP contribution in [0.4, 0.5) is 5.82 Å². The van der Waals surface area contributed by atoms with Crippen LogP contribution in [0.2, 0.25) is 0 Å². The van der Waals surface area contributed by atoms with Gasteiger partial charge in [0.25, 0.3) is 0 Å². The van der Waals surface area contributed by atoms with E-state index in [0.29, 0.717) is 18.3 Å². The van der Waals surface area contributed by atoms with Gasteiger partial charge in [0, 0.05) is 6.07 Å². The van der Waals surface area contributed by atoms with Gasteiger partial charge >= 0.3 is 0 Å². The lowest BCUT2D eigenvalue weighted by Gasteiger charge is -2.27. The van der Waals surface area contributed by atoms with Gasteiger partial charge in [-0.1, -0.05) is 13.8 Å². The quantitative estimate of drug-likeness (QED) is 0.760. The highest BCUT2D eigenvalue weighted by atomic mass is 16.5. The molecule has 0 aliphatic rings. The SMILES string of the molecule is CCCOc1cc(NC(C)(CC)CO)ncn1. The van der Waals surface area contributed by atoms with E-state index in [-0.39, 0.29) is 12.1 Å². The zero-order valence-electron chi connectivity index (χ0n) is 10.7. The normalized spacial score (nSPS) is 14.1. The van der Waals surface area contributed by atoms with Crippen molar-refractivity contribution in [3.63, 3.8) is 0 Å². The number of aliphatic hydroxyl groups excluding tert-OH is 1. The second-order valence-electron chi connectivity index (χ2n) is 4.29. The Hall–Kier alpha value is -1.36. The van der Waals surface area contributed by atoms with Crippen molar-refractivity contribution in [3.8, 4) is 5.88 Å². The molecule has 1 unspecified atom stereocenters. The summed E-state index contributed by atoms with van der Waals surface area (Å²) in [7, 11) is 0.